The van der Waals surface area contributed by atoms with Gasteiger partial charge in [0.25, 0.3) is 0 Å². The lowest BCUT2D eigenvalue weighted by molar-refractivity contribution is -0.213. The van der Waals surface area contributed by atoms with Crippen molar-refractivity contribution in [2.45, 2.75) is 93.3 Å². The van der Waals surface area contributed by atoms with E-state index in [9.17, 15) is 0 Å². The third kappa shape index (κ3) is 9.52. The first kappa shape index (κ1) is 20.9. The zero-order chi connectivity index (χ0) is 16.3. The van der Waals surface area contributed by atoms with Crippen molar-refractivity contribution in [3.63, 3.8) is 0 Å². The Morgan fingerprint density at radius 2 is 1.14 bits per heavy atom. The first-order valence-electron chi connectivity index (χ1n) is 9.08. The fourth-order valence-corrected chi connectivity index (χ4v) is 3.26. The maximum absolute atomic E-state index is 6.17. The van der Waals surface area contributed by atoms with E-state index in [4.69, 9.17) is 9.47 Å². The molecule has 0 atom stereocenters. The Kier molecular flexibility index (Phi) is 11.4. The van der Waals surface area contributed by atoms with E-state index in [-0.39, 0.29) is 11.7 Å². The molecule has 0 unspecified atom stereocenters. The SMILES string of the molecule is CCCCOC(OCCCC)C(C)(CC(C)C)CC(C)C. The molecule has 128 valence electrons. The summed E-state index contributed by atoms with van der Waals surface area (Å²) in [5.41, 5.74) is 0.115. The van der Waals surface area contributed by atoms with Crippen molar-refractivity contribution in [1.29, 1.82) is 0 Å². The molecule has 0 heterocycles. The molecule has 0 N–H and O–H groups in total. The van der Waals surface area contributed by atoms with Crippen molar-refractivity contribution < 1.29 is 9.47 Å². The molecule has 0 aromatic carbocycles. The molecule has 0 saturated heterocycles. The van der Waals surface area contributed by atoms with Gasteiger partial charge in [0.2, 0.25) is 0 Å². The van der Waals surface area contributed by atoms with Crippen LogP contribution in [0.15, 0.2) is 0 Å². The van der Waals surface area contributed by atoms with Gasteiger partial charge >= 0.3 is 0 Å². The fraction of sp³-hybridized carbons (Fsp3) is 1.00. The highest BCUT2D eigenvalue weighted by Gasteiger charge is 2.37. The predicted molar refractivity (Wildman–Crippen MR) is 92.5 cm³/mol. The van der Waals surface area contributed by atoms with Crippen LogP contribution in [0.5, 0.6) is 0 Å². The summed E-state index contributed by atoms with van der Waals surface area (Å²) in [6.07, 6.45) is 6.85. The quantitative estimate of drug-likeness (QED) is 0.305. The molecule has 0 aliphatic carbocycles. The van der Waals surface area contributed by atoms with E-state index in [1.807, 2.05) is 0 Å². The largest absolute Gasteiger partial charge is 0.352 e. The molecule has 0 aliphatic rings. The number of hydrogen-bond donors (Lipinski definition) is 0. The molecule has 21 heavy (non-hydrogen) atoms. The Hall–Kier alpha value is -0.0800. The zero-order valence-electron chi connectivity index (χ0n) is 15.7. The lowest BCUT2D eigenvalue weighted by atomic mass is 9.75. The van der Waals surface area contributed by atoms with Crippen molar-refractivity contribution in [2.24, 2.45) is 17.3 Å². The second-order valence-electron chi connectivity index (χ2n) is 7.63. The monoisotopic (exact) mass is 300 g/mol. The molecular weight excluding hydrogens is 260 g/mol. The number of rotatable bonds is 13. The van der Waals surface area contributed by atoms with Gasteiger partial charge in [0.1, 0.15) is 0 Å². The number of ether oxygens (including phenoxy) is 2. The lowest BCUT2D eigenvalue weighted by Crippen LogP contribution is -2.39. The van der Waals surface area contributed by atoms with Crippen molar-refractivity contribution in [1.82, 2.24) is 0 Å². The minimum absolute atomic E-state index is 0.0552. The van der Waals surface area contributed by atoms with Crippen molar-refractivity contribution in [2.75, 3.05) is 13.2 Å². The van der Waals surface area contributed by atoms with Crippen LogP contribution < -0.4 is 0 Å². The van der Waals surface area contributed by atoms with E-state index >= 15 is 0 Å². The van der Waals surface area contributed by atoms with Gasteiger partial charge in [-0.05, 0) is 37.5 Å². The Morgan fingerprint density at radius 1 is 0.762 bits per heavy atom. The van der Waals surface area contributed by atoms with Crippen LogP contribution >= 0.6 is 0 Å². The zero-order valence-corrected chi connectivity index (χ0v) is 15.7. The average molecular weight is 301 g/mol. The summed E-state index contributed by atoms with van der Waals surface area (Å²) in [6.45, 7) is 17.6. The predicted octanol–water partition coefficient (Wildman–Crippen LogP) is 6.04. The molecule has 0 aromatic heterocycles. The topological polar surface area (TPSA) is 18.5 Å². The fourth-order valence-electron chi connectivity index (χ4n) is 3.26. The molecule has 0 radical (unpaired) electrons. The van der Waals surface area contributed by atoms with Gasteiger partial charge in [0.05, 0.1) is 0 Å². The van der Waals surface area contributed by atoms with Gasteiger partial charge in [0.15, 0.2) is 6.29 Å². The van der Waals surface area contributed by atoms with Crippen molar-refractivity contribution in [3.8, 4) is 0 Å². The van der Waals surface area contributed by atoms with E-state index in [1.165, 1.54) is 12.8 Å². The molecule has 0 spiro atoms. The molecular formula is C19H40O2. The van der Waals surface area contributed by atoms with Crippen LogP contribution in [0.1, 0.15) is 87.0 Å². The minimum Gasteiger partial charge on any atom is -0.352 e. The van der Waals surface area contributed by atoms with Crippen molar-refractivity contribution >= 4 is 0 Å². The van der Waals surface area contributed by atoms with Gasteiger partial charge in [-0.25, -0.2) is 0 Å². The number of unbranched alkanes of at least 4 members (excludes halogenated alkanes) is 2. The highest BCUT2D eigenvalue weighted by Crippen LogP contribution is 2.39. The summed E-state index contributed by atoms with van der Waals surface area (Å²) in [6, 6.07) is 0. The van der Waals surface area contributed by atoms with Gasteiger partial charge in [-0.15, -0.1) is 0 Å². The van der Waals surface area contributed by atoms with E-state index in [2.05, 4.69) is 48.5 Å². The highest BCUT2D eigenvalue weighted by atomic mass is 16.7. The smallest absolute Gasteiger partial charge is 0.162 e. The van der Waals surface area contributed by atoms with Crippen LogP contribution in [0.25, 0.3) is 0 Å². The summed E-state index contributed by atoms with van der Waals surface area (Å²) in [5.74, 6) is 1.33. The summed E-state index contributed by atoms with van der Waals surface area (Å²) in [4.78, 5) is 0. The van der Waals surface area contributed by atoms with Gasteiger partial charge in [-0.3, -0.25) is 0 Å². The molecule has 0 aromatic rings. The van der Waals surface area contributed by atoms with E-state index in [0.717, 1.165) is 38.9 Å². The Balaban J connectivity index is 4.84. The Labute approximate surface area is 134 Å². The summed E-state index contributed by atoms with van der Waals surface area (Å²) in [7, 11) is 0. The summed E-state index contributed by atoms with van der Waals surface area (Å²) >= 11 is 0. The molecule has 2 heteroatoms. The molecule has 0 aliphatic heterocycles. The third-order valence-electron chi connectivity index (χ3n) is 3.85. The van der Waals surface area contributed by atoms with Gasteiger partial charge < -0.3 is 9.47 Å². The van der Waals surface area contributed by atoms with Gasteiger partial charge in [-0.1, -0.05) is 61.3 Å². The summed E-state index contributed by atoms with van der Waals surface area (Å²) < 4.78 is 12.3. The second-order valence-corrected chi connectivity index (χ2v) is 7.63. The molecule has 0 rings (SSSR count). The molecule has 0 saturated carbocycles. The molecule has 0 amide bonds. The normalized spacial score (nSPS) is 12.9. The minimum atomic E-state index is -0.0552. The van der Waals surface area contributed by atoms with Gasteiger partial charge in [-0.2, -0.15) is 0 Å². The molecule has 0 fully saturated rings. The molecule has 0 bridgehead atoms. The third-order valence-corrected chi connectivity index (χ3v) is 3.85. The van der Waals surface area contributed by atoms with E-state index in [0.29, 0.717) is 11.8 Å². The Bertz CT molecular complexity index is 216. The van der Waals surface area contributed by atoms with Crippen LogP contribution in [-0.4, -0.2) is 19.5 Å². The van der Waals surface area contributed by atoms with Crippen LogP contribution in [0, 0.1) is 17.3 Å². The maximum Gasteiger partial charge on any atom is 0.162 e. The maximum atomic E-state index is 6.17. The van der Waals surface area contributed by atoms with E-state index in [1.54, 1.807) is 0 Å². The van der Waals surface area contributed by atoms with Crippen LogP contribution in [0.2, 0.25) is 0 Å². The Morgan fingerprint density at radius 3 is 1.43 bits per heavy atom. The number of hydrogen-bond acceptors (Lipinski definition) is 2. The van der Waals surface area contributed by atoms with E-state index < -0.39 is 0 Å². The second kappa shape index (κ2) is 11.5. The molecule has 2 nitrogen and oxygen atoms in total. The summed E-state index contributed by atoms with van der Waals surface area (Å²) in [5, 5.41) is 0. The lowest BCUT2D eigenvalue weighted by Gasteiger charge is -2.40. The average Bonchev–Trinajstić information content (AvgIpc) is 2.35. The van der Waals surface area contributed by atoms with Gasteiger partial charge in [0, 0.05) is 18.6 Å². The highest BCUT2D eigenvalue weighted by molar-refractivity contribution is 4.81. The first-order valence-corrected chi connectivity index (χ1v) is 9.08. The van der Waals surface area contributed by atoms with Crippen LogP contribution in [-0.2, 0) is 9.47 Å². The standard InChI is InChI=1S/C19H40O2/c1-8-10-12-20-18(21-13-11-9-2)19(7,14-16(3)4)15-17(5)6/h16-18H,8-15H2,1-7H3. The van der Waals surface area contributed by atoms with Crippen LogP contribution in [0.4, 0.5) is 0 Å². The van der Waals surface area contributed by atoms with Crippen molar-refractivity contribution in [3.05, 3.63) is 0 Å². The first-order chi connectivity index (χ1) is 9.85. The van der Waals surface area contributed by atoms with Crippen LogP contribution in [0.3, 0.4) is 0 Å².